The fourth-order valence-corrected chi connectivity index (χ4v) is 5.40. The predicted octanol–water partition coefficient (Wildman–Crippen LogP) is 7.26. The first kappa shape index (κ1) is 27.5. The van der Waals surface area contributed by atoms with E-state index in [9.17, 15) is 14.4 Å². The van der Waals surface area contributed by atoms with E-state index in [1.54, 1.807) is 42.5 Å². The lowest BCUT2D eigenvalue weighted by atomic mass is 10.1. The van der Waals surface area contributed by atoms with Crippen molar-refractivity contribution in [3.05, 3.63) is 105 Å². The lowest BCUT2D eigenvalue weighted by Gasteiger charge is -2.14. The Morgan fingerprint density at radius 3 is 2.50 bits per heavy atom. The standard InChI is InChI=1S/C31H25BrN2O5S/c1-2-38-27-16-20(12-14-26(27)39-19-21-11-13-22-7-3-4-8-23(22)15-21)17-28-30(36)34(31(37)40-28)18-29(35)33-25-10-6-5-9-24(25)32/h3-17H,2,18-19H2,1H3,(H,33,35)/b28-17+. The van der Waals surface area contributed by atoms with Gasteiger partial charge in [-0.15, -0.1) is 0 Å². The number of ether oxygens (including phenoxy) is 2. The smallest absolute Gasteiger partial charge is 0.294 e. The summed E-state index contributed by atoms with van der Waals surface area (Å²) in [4.78, 5) is 39.2. The Bertz CT molecular complexity index is 1640. The number of carbonyl (C=O) groups excluding carboxylic acids is 3. The molecule has 1 heterocycles. The number of nitrogens with zero attached hydrogens (tertiary/aromatic N) is 1. The number of amides is 3. The highest BCUT2D eigenvalue weighted by Gasteiger charge is 2.36. The molecule has 40 heavy (non-hydrogen) atoms. The van der Waals surface area contributed by atoms with E-state index in [2.05, 4.69) is 45.5 Å². The molecule has 0 spiro atoms. The van der Waals surface area contributed by atoms with E-state index in [4.69, 9.17) is 9.47 Å². The molecule has 1 aliphatic rings. The molecule has 5 rings (SSSR count). The van der Waals surface area contributed by atoms with Crippen molar-refractivity contribution in [1.29, 1.82) is 0 Å². The van der Waals surface area contributed by atoms with Gasteiger partial charge in [0.15, 0.2) is 11.5 Å². The number of carbonyl (C=O) groups is 3. The number of thioether (sulfide) groups is 1. The zero-order chi connectivity index (χ0) is 28.1. The minimum Gasteiger partial charge on any atom is -0.490 e. The number of anilines is 1. The number of rotatable bonds is 9. The molecule has 0 radical (unpaired) electrons. The van der Waals surface area contributed by atoms with Gasteiger partial charge in [-0.2, -0.15) is 0 Å². The Balaban J connectivity index is 1.27. The van der Waals surface area contributed by atoms with Crippen LogP contribution in [0.25, 0.3) is 16.8 Å². The molecular formula is C31H25BrN2O5S. The number of hydrogen-bond donors (Lipinski definition) is 1. The fraction of sp³-hybridized carbons (Fsp3) is 0.129. The summed E-state index contributed by atoms with van der Waals surface area (Å²) in [6, 6.07) is 26.8. The summed E-state index contributed by atoms with van der Waals surface area (Å²) in [6.45, 7) is 2.29. The van der Waals surface area contributed by atoms with Gasteiger partial charge >= 0.3 is 0 Å². The zero-order valence-electron chi connectivity index (χ0n) is 21.6. The van der Waals surface area contributed by atoms with Crippen molar-refractivity contribution in [3.63, 3.8) is 0 Å². The van der Waals surface area contributed by atoms with Gasteiger partial charge in [-0.25, -0.2) is 0 Å². The van der Waals surface area contributed by atoms with Gasteiger partial charge in [0.1, 0.15) is 13.2 Å². The molecule has 0 bridgehead atoms. The summed E-state index contributed by atoms with van der Waals surface area (Å²) >= 11 is 4.16. The van der Waals surface area contributed by atoms with Crippen molar-refractivity contribution < 1.29 is 23.9 Å². The second-order valence-corrected chi connectivity index (χ2v) is 10.8. The maximum Gasteiger partial charge on any atom is 0.294 e. The Kier molecular flexibility index (Phi) is 8.52. The van der Waals surface area contributed by atoms with E-state index in [-0.39, 0.29) is 11.4 Å². The van der Waals surface area contributed by atoms with Crippen LogP contribution >= 0.6 is 27.7 Å². The van der Waals surface area contributed by atoms with Crippen LogP contribution in [-0.2, 0) is 16.2 Å². The molecule has 7 nitrogen and oxygen atoms in total. The third-order valence-corrected chi connectivity index (χ3v) is 7.70. The van der Waals surface area contributed by atoms with Gasteiger partial charge in [0.25, 0.3) is 11.1 Å². The maximum absolute atomic E-state index is 13.0. The Morgan fingerprint density at radius 2 is 1.70 bits per heavy atom. The lowest BCUT2D eigenvalue weighted by molar-refractivity contribution is -0.127. The van der Waals surface area contributed by atoms with Gasteiger partial charge < -0.3 is 14.8 Å². The summed E-state index contributed by atoms with van der Waals surface area (Å²) in [5, 5.41) is 4.52. The van der Waals surface area contributed by atoms with E-state index in [1.165, 1.54) is 5.39 Å². The summed E-state index contributed by atoms with van der Waals surface area (Å²) in [6.07, 6.45) is 1.62. The quantitative estimate of drug-likeness (QED) is 0.199. The van der Waals surface area contributed by atoms with Gasteiger partial charge in [0.2, 0.25) is 5.91 Å². The topological polar surface area (TPSA) is 84.9 Å². The van der Waals surface area contributed by atoms with Crippen LogP contribution in [0.4, 0.5) is 10.5 Å². The van der Waals surface area contributed by atoms with E-state index in [0.29, 0.717) is 40.4 Å². The van der Waals surface area contributed by atoms with E-state index < -0.39 is 17.1 Å². The highest BCUT2D eigenvalue weighted by molar-refractivity contribution is 9.10. The van der Waals surface area contributed by atoms with Crippen LogP contribution in [0.1, 0.15) is 18.1 Å². The minimum atomic E-state index is -0.521. The highest BCUT2D eigenvalue weighted by atomic mass is 79.9. The molecule has 1 fully saturated rings. The minimum absolute atomic E-state index is 0.228. The van der Waals surface area contributed by atoms with Crippen molar-refractivity contribution in [2.45, 2.75) is 13.5 Å². The lowest BCUT2D eigenvalue weighted by Crippen LogP contribution is -2.36. The zero-order valence-corrected chi connectivity index (χ0v) is 24.0. The molecular weight excluding hydrogens is 592 g/mol. The first-order chi connectivity index (χ1) is 19.4. The molecule has 0 aliphatic carbocycles. The van der Waals surface area contributed by atoms with Crippen LogP contribution in [0.15, 0.2) is 94.3 Å². The van der Waals surface area contributed by atoms with Crippen molar-refractivity contribution in [1.82, 2.24) is 4.90 Å². The molecule has 1 N–H and O–H groups in total. The number of halogens is 1. The maximum atomic E-state index is 13.0. The molecule has 3 amide bonds. The summed E-state index contributed by atoms with van der Waals surface area (Å²) in [5.74, 6) is 0.113. The number of benzene rings is 4. The van der Waals surface area contributed by atoms with Crippen LogP contribution in [-0.4, -0.2) is 35.1 Å². The molecule has 0 atom stereocenters. The largest absolute Gasteiger partial charge is 0.490 e. The summed E-state index contributed by atoms with van der Waals surface area (Å²) in [5.41, 5.74) is 2.26. The third kappa shape index (κ3) is 6.38. The number of fused-ring (bicyclic) bond motifs is 1. The molecule has 1 saturated heterocycles. The average Bonchev–Trinajstić information content (AvgIpc) is 3.21. The van der Waals surface area contributed by atoms with Crippen molar-refractivity contribution in [2.24, 2.45) is 0 Å². The van der Waals surface area contributed by atoms with Crippen LogP contribution in [0, 0.1) is 0 Å². The van der Waals surface area contributed by atoms with Gasteiger partial charge in [0, 0.05) is 4.47 Å². The Morgan fingerprint density at radius 1 is 0.925 bits per heavy atom. The van der Waals surface area contributed by atoms with E-state index in [0.717, 1.165) is 27.6 Å². The normalized spacial score (nSPS) is 14.2. The molecule has 4 aromatic rings. The second-order valence-electron chi connectivity index (χ2n) is 8.91. The molecule has 0 aromatic heterocycles. The van der Waals surface area contributed by atoms with Crippen molar-refractivity contribution in [2.75, 3.05) is 18.5 Å². The monoisotopic (exact) mass is 616 g/mol. The van der Waals surface area contributed by atoms with Gasteiger partial charge in [-0.05, 0) is 92.9 Å². The summed E-state index contributed by atoms with van der Waals surface area (Å²) < 4.78 is 12.6. The fourth-order valence-electron chi connectivity index (χ4n) is 4.18. The van der Waals surface area contributed by atoms with E-state index >= 15 is 0 Å². The third-order valence-electron chi connectivity index (χ3n) is 6.10. The van der Waals surface area contributed by atoms with Crippen LogP contribution < -0.4 is 14.8 Å². The van der Waals surface area contributed by atoms with Crippen LogP contribution in [0.2, 0.25) is 0 Å². The number of para-hydroxylation sites is 1. The highest BCUT2D eigenvalue weighted by Crippen LogP contribution is 2.35. The first-order valence-electron chi connectivity index (χ1n) is 12.6. The molecule has 9 heteroatoms. The Labute approximate surface area is 244 Å². The SMILES string of the molecule is CCOc1cc(/C=C2/SC(=O)N(CC(=O)Nc3ccccc3Br)C2=O)ccc1OCc1ccc2ccccc2c1. The van der Waals surface area contributed by atoms with Crippen LogP contribution in [0.3, 0.4) is 0 Å². The molecule has 1 aliphatic heterocycles. The summed E-state index contributed by atoms with van der Waals surface area (Å²) in [7, 11) is 0. The van der Waals surface area contributed by atoms with Gasteiger partial charge in [-0.3, -0.25) is 19.3 Å². The van der Waals surface area contributed by atoms with Crippen molar-refractivity contribution >= 4 is 67.3 Å². The molecule has 202 valence electrons. The first-order valence-corrected chi connectivity index (χ1v) is 14.2. The van der Waals surface area contributed by atoms with Crippen molar-refractivity contribution in [3.8, 4) is 11.5 Å². The Hall–Kier alpha value is -4.08. The molecule has 0 saturated carbocycles. The number of imide groups is 1. The molecule has 4 aromatic carbocycles. The second kappa shape index (κ2) is 12.4. The average molecular weight is 618 g/mol. The van der Waals surface area contributed by atoms with Crippen LogP contribution in [0.5, 0.6) is 11.5 Å². The van der Waals surface area contributed by atoms with Gasteiger partial charge in [-0.1, -0.05) is 54.6 Å². The number of hydrogen-bond acceptors (Lipinski definition) is 6. The number of nitrogens with one attached hydrogen (secondary N) is 1. The molecule has 0 unspecified atom stereocenters. The van der Waals surface area contributed by atoms with E-state index in [1.807, 2.05) is 31.2 Å². The van der Waals surface area contributed by atoms with Gasteiger partial charge in [0.05, 0.1) is 17.2 Å². The predicted molar refractivity (Wildman–Crippen MR) is 161 cm³/mol.